The normalized spacial score (nSPS) is 12.6. The molecule has 0 bridgehead atoms. The molecule has 0 N–H and O–H groups in total. The highest BCUT2D eigenvalue weighted by molar-refractivity contribution is 7.09. The number of hydrogen-bond donors (Lipinski definition) is 0. The van der Waals surface area contributed by atoms with Crippen LogP contribution >= 0.6 is 11.5 Å². The first-order valence-corrected chi connectivity index (χ1v) is 8.33. The van der Waals surface area contributed by atoms with Crippen LogP contribution in [0.2, 0.25) is 0 Å². The number of nitrogens with zero attached hydrogens (tertiary/aromatic N) is 1. The van der Waals surface area contributed by atoms with Crippen molar-refractivity contribution in [2.75, 3.05) is 14.2 Å². The predicted octanol–water partition coefficient (Wildman–Crippen LogP) is 3.60. The lowest BCUT2D eigenvalue weighted by molar-refractivity contribution is 0.0980. The van der Waals surface area contributed by atoms with Crippen molar-refractivity contribution in [3.05, 3.63) is 64.0 Å². The van der Waals surface area contributed by atoms with Crippen LogP contribution in [0.1, 0.15) is 31.2 Å². The van der Waals surface area contributed by atoms with Crippen LogP contribution in [0.25, 0.3) is 11.3 Å². The molecule has 0 unspecified atom stereocenters. The van der Waals surface area contributed by atoms with E-state index >= 15 is 0 Å². The van der Waals surface area contributed by atoms with E-state index in [1.54, 1.807) is 37.4 Å². The number of rotatable bonds is 3. The first kappa shape index (κ1) is 15.5. The molecule has 124 valence electrons. The maximum Gasteiger partial charge on any atom is 0.209 e. The molecule has 0 fully saturated rings. The highest BCUT2D eigenvalue weighted by atomic mass is 32.1. The van der Waals surface area contributed by atoms with Crippen molar-refractivity contribution in [1.29, 1.82) is 0 Å². The van der Waals surface area contributed by atoms with E-state index in [2.05, 4.69) is 4.37 Å². The molecule has 25 heavy (non-hydrogen) atoms. The molecule has 5 nitrogen and oxygen atoms in total. The minimum atomic E-state index is -0.223. The maximum atomic E-state index is 13.0. The van der Waals surface area contributed by atoms with E-state index in [-0.39, 0.29) is 11.6 Å². The van der Waals surface area contributed by atoms with Gasteiger partial charge in [0, 0.05) is 11.1 Å². The van der Waals surface area contributed by atoms with E-state index in [9.17, 15) is 9.59 Å². The Bertz CT molecular complexity index is 1000. The van der Waals surface area contributed by atoms with Crippen LogP contribution in [0.5, 0.6) is 11.5 Å². The third-order valence-electron chi connectivity index (χ3n) is 4.21. The summed E-state index contributed by atoms with van der Waals surface area (Å²) >= 11 is 1.04. The van der Waals surface area contributed by atoms with Gasteiger partial charge < -0.3 is 9.47 Å². The van der Waals surface area contributed by atoms with Crippen molar-refractivity contribution in [3.8, 4) is 22.8 Å². The van der Waals surface area contributed by atoms with Crippen molar-refractivity contribution >= 4 is 23.1 Å². The smallest absolute Gasteiger partial charge is 0.209 e. The fraction of sp³-hybridized carbons (Fsp3) is 0.105. The molecular formula is C19H13NO4S. The third-order valence-corrected chi connectivity index (χ3v) is 5.05. The first-order valence-electron chi connectivity index (χ1n) is 7.56. The van der Waals surface area contributed by atoms with E-state index in [1.807, 2.05) is 12.1 Å². The summed E-state index contributed by atoms with van der Waals surface area (Å²) in [4.78, 5) is 26.3. The summed E-state index contributed by atoms with van der Waals surface area (Å²) in [6.45, 7) is 0. The topological polar surface area (TPSA) is 65.5 Å². The molecule has 0 amide bonds. The lowest BCUT2D eigenvalue weighted by atomic mass is 9.86. The number of fused-ring (bicyclic) bond motifs is 2. The Morgan fingerprint density at radius 1 is 0.880 bits per heavy atom. The van der Waals surface area contributed by atoms with Gasteiger partial charge in [0.25, 0.3) is 0 Å². The van der Waals surface area contributed by atoms with Crippen LogP contribution in [-0.2, 0) is 0 Å². The molecular weight excluding hydrogens is 338 g/mol. The number of benzene rings is 2. The highest BCUT2D eigenvalue weighted by Gasteiger charge is 2.36. The zero-order chi connectivity index (χ0) is 17.6. The second-order valence-electron chi connectivity index (χ2n) is 5.50. The van der Waals surface area contributed by atoms with E-state index in [4.69, 9.17) is 9.47 Å². The van der Waals surface area contributed by atoms with Gasteiger partial charge in [0.15, 0.2) is 5.78 Å². The van der Waals surface area contributed by atoms with Crippen LogP contribution < -0.4 is 9.47 Å². The van der Waals surface area contributed by atoms with Gasteiger partial charge in [-0.05, 0) is 41.9 Å². The van der Waals surface area contributed by atoms with Crippen molar-refractivity contribution in [2.45, 2.75) is 0 Å². The summed E-state index contributed by atoms with van der Waals surface area (Å²) in [5.74, 6) is 0.689. The van der Waals surface area contributed by atoms with Crippen LogP contribution in [0.4, 0.5) is 0 Å². The number of ketones is 2. The predicted molar refractivity (Wildman–Crippen MR) is 94.0 cm³/mol. The fourth-order valence-electron chi connectivity index (χ4n) is 2.97. The quantitative estimate of drug-likeness (QED) is 0.564. The monoisotopic (exact) mass is 351 g/mol. The SMILES string of the molecule is COc1ccc(-c2nsc3c2C(=O)c2cccc(OC)c2C3=O)cc1. The van der Waals surface area contributed by atoms with Crippen LogP contribution in [-0.4, -0.2) is 30.2 Å². The van der Waals surface area contributed by atoms with Gasteiger partial charge in [-0.15, -0.1) is 0 Å². The average molecular weight is 351 g/mol. The Hall–Kier alpha value is -2.99. The van der Waals surface area contributed by atoms with E-state index in [0.29, 0.717) is 38.8 Å². The third kappa shape index (κ3) is 2.26. The lowest BCUT2D eigenvalue weighted by Crippen LogP contribution is -2.20. The zero-order valence-corrected chi connectivity index (χ0v) is 14.3. The largest absolute Gasteiger partial charge is 0.497 e. The Morgan fingerprint density at radius 2 is 1.64 bits per heavy atom. The lowest BCUT2D eigenvalue weighted by Gasteiger charge is -2.17. The summed E-state index contributed by atoms with van der Waals surface area (Å²) in [5, 5.41) is 0. The molecule has 6 heteroatoms. The molecule has 0 spiro atoms. The van der Waals surface area contributed by atoms with Gasteiger partial charge in [0.1, 0.15) is 16.4 Å². The first-order chi connectivity index (χ1) is 12.2. The second kappa shape index (κ2) is 5.82. The van der Waals surface area contributed by atoms with Crippen LogP contribution in [0.15, 0.2) is 42.5 Å². The molecule has 0 radical (unpaired) electrons. The van der Waals surface area contributed by atoms with Gasteiger partial charge in [-0.1, -0.05) is 12.1 Å². The summed E-state index contributed by atoms with van der Waals surface area (Å²) < 4.78 is 14.8. The zero-order valence-electron chi connectivity index (χ0n) is 13.5. The van der Waals surface area contributed by atoms with E-state index in [0.717, 1.165) is 17.1 Å². The Morgan fingerprint density at radius 3 is 2.32 bits per heavy atom. The molecule has 0 aliphatic heterocycles. The molecule has 4 rings (SSSR count). The number of ether oxygens (including phenoxy) is 2. The molecule has 0 saturated heterocycles. The van der Waals surface area contributed by atoms with Crippen LogP contribution in [0, 0.1) is 0 Å². The molecule has 1 aliphatic rings. The van der Waals surface area contributed by atoms with Crippen molar-refractivity contribution < 1.29 is 19.1 Å². The molecule has 3 aromatic rings. The second-order valence-corrected chi connectivity index (χ2v) is 6.28. The van der Waals surface area contributed by atoms with Gasteiger partial charge in [0.2, 0.25) is 5.78 Å². The molecule has 1 heterocycles. The minimum Gasteiger partial charge on any atom is -0.497 e. The minimum absolute atomic E-state index is 0.205. The van der Waals surface area contributed by atoms with Gasteiger partial charge >= 0.3 is 0 Å². The molecule has 1 aliphatic carbocycles. The van der Waals surface area contributed by atoms with Crippen molar-refractivity contribution in [2.24, 2.45) is 0 Å². The Labute approximate surface area is 148 Å². The molecule has 1 aromatic heterocycles. The van der Waals surface area contributed by atoms with E-state index in [1.165, 1.54) is 7.11 Å². The fourth-order valence-corrected chi connectivity index (χ4v) is 3.82. The highest BCUT2D eigenvalue weighted by Crippen LogP contribution is 2.39. The molecule has 0 atom stereocenters. The van der Waals surface area contributed by atoms with Gasteiger partial charge in [0.05, 0.1) is 31.0 Å². The van der Waals surface area contributed by atoms with E-state index < -0.39 is 0 Å². The summed E-state index contributed by atoms with van der Waals surface area (Å²) in [5.41, 5.74) is 2.32. The van der Waals surface area contributed by atoms with Crippen molar-refractivity contribution in [3.63, 3.8) is 0 Å². The van der Waals surface area contributed by atoms with Crippen molar-refractivity contribution in [1.82, 2.24) is 4.37 Å². The van der Waals surface area contributed by atoms with Gasteiger partial charge in [-0.25, -0.2) is 0 Å². The Balaban J connectivity index is 1.89. The maximum absolute atomic E-state index is 13.0. The van der Waals surface area contributed by atoms with Crippen LogP contribution in [0.3, 0.4) is 0 Å². The Kier molecular flexibility index (Phi) is 3.62. The number of aromatic nitrogens is 1. The summed E-state index contributed by atoms with van der Waals surface area (Å²) in [6.07, 6.45) is 0. The molecule has 0 saturated carbocycles. The summed E-state index contributed by atoms with van der Waals surface area (Å²) in [7, 11) is 3.07. The summed E-state index contributed by atoms with van der Waals surface area (Å²) in [6, 6.07) is 12.3. The number of hydrogen-bond acceptors (Lipinski definition) is 6. The number of methoxy groups -OCH3 is 2. The standard InChI is InChI=1S/C19H13NO4S/c1-23-11-8-6-10(7-9-11)16-15-17(21)12-4-3-5-13(24-2)14(12)18(22)19(15)25-20-16/h3-9H,1-2H3. The molecule has 2 aromatic carbocycles. The van der Waals surface area contributed by atoms with Gasteiger partial charge in [-0.3, -0.25) is 9.59 Å². The van der Waals surface area contributed by atoms with Gasteiger partial charge in [-0.2, -0.15) is 4.37 Å². The number of carbonyl (C=O) groups is 2. The average Bonchev–Trinajstić information content (AvgIpc) is 3.11. The number of carbonyl (C=O) groups excluding carboxylic acids is 2.